The molecule has 4 rings (SSSR count). The predicted octanol–water partition coefficient (Wildman–Crippen LogP) is 4.37. The summed E-state index contributed by atoms with van der Waals surface area (Å²) in [7, 11) is 0. The van der Waals surface area contributed by atoms with Crippen LogP contribution >= 0.6 is 24.0 Å². The molecule has 1 aliphatic rings. The van der Waals surface area contributed by atoms with Crippen LogP contribution in [0.25, 0.3) is 5.65 Å². The van der Waals surface area contributed by atoms with E-state index in [1.807, 2.05) is 12.1 Å². The zero-order chi connectivity index (χ0) is 21.6. The number of nitrogens with zero attached hydrogens (tertiary/aromatic N) is 4. The minimum Gasteiger partial charge on any atom is -0.357 e. The van der Waals surface area contributed by atoms with Crippen LogP contribution in [-0.2, 0) is 13.1 Å². The number of aliphatic imine (C=N–C) groups is 1. The second kappa shape index (κ2) is 11.7. The van der Waals surface area contributed by atoms with E-state index in [2.05, 4.69) is 83.3 Å². The van der Waals surface area contributed by atoms with Gasteiger partial charge in [-0.15, -0.1) is 24.0 Å². The number of benzene rings is 1. The molecule has 6 nitrogen and oxygen atoms in total. The molecule has 0 radical (unpaired) electrons. The Balaban J connectivity index is 0.00000289. The summed E-state index contributed by atoms with van der Waals surface area (Å²) in [6.07, 6.45) is 4.32. The molecular formula is C25H35IN6. The smallest absolute Gasteiger partial charge is 0.191 e. The average Bonchev–Trinajstić information content (AvgIpc) is 3.19. The highest BCUT2D eigenvalue weighted by Gasteiger charge is 2.26. The Labute approximate surface area is 208 Å². The number of hydrogen-bond donors (Lipinski definition) is 2. The molecule has 2 atom stereocenters. The van der Waals surface area contributed by atoms with Crippen molar-refractivity contribution >= 4 is 35.6 Å². The number of guanidine groups is 1. The third kappa shape index (κ3) is 6.22. The molecule has 32 heavy (non-hydrogen) atoms. The lowest BCUT2D eigenvalue weighted by molar-refractivity contribution is 0.134. The van der Waals surface area contributed by atoms with Crippen LogP contribution in [0.5, 0.6) is 0 Å². The molecule has 2 aromatic heterocycles. The summed E-state index contributed by atoms with van der Waals surface area (Å²) in [4.78, 5) is 12.1. The maximum absolute atomic E-state index is 4.82. The van der Waals surface area contributed by atoms with Crippen molar-refractivity contribution < 1.29 is 0 Å². The summed E-state index contributed by atoms with van der Waals surface area (Å²) in [6.45, 7) is 10.1. The molecule has 3 heterocycles. The minimum absolute atomic E-state index is 0. The first-order valence-corrected chi connectivity index (χ1v) is 11.4. The number of likely N-dealkylation sites (tertiary alicyclic amines) is 1. The molecule has 0 saturated carbocycles. The highest BCUT2D eigenvalue weighted by atomic mass is 127. The predicted molar refractivity (Wildman–Crippen MR) is 143 cm³/mol. The van der Waals surface area contributed by atoms with Gasteiger partial charge in [-0.2, -0.15) is 0 Å². The Bertz CT molecular complexity index is 1020. The van der Waals surface area contributed by atoms with Crippen LogP contribution in [0.1, 0.15) is 43.6 Å². The van der Waals surface area contributed by atoms with Crippen LogP contribution in [0.4, 0.5) is 0 Å². The highest BCUT2D eigenvalue weighted by molar-refractivity contribution is 14.0. The number of rotatable bonds is 6. The van der Waals surface area contributed by atoms with Gasteiger partial charge in [0.15, 0.2) is 5.96 Å². The molecule has 2 N–H and O–H groups in total. The Hall–Kier alpha value is -2.13. The summed E-state index contributed by atoms with van der Waals surface area (Å²) >= 11 is 0. The maximum Gasteiger partial charge on any atom is 0.191 e. The molecule has 1 saturated heterocycles. The third-order valence-corrected chi connectivity index (χ3v) is 6.07. The number of nitrogens with one attached hydrogen (secondary N) is 2. The Morgan fingerprint density at radius 3 is 2.69 bits per heavy atom. The van der Waals surface area contributed by atoms with Gasteiger partial charge >= 0.3 is 0 Å². The van der Waals surface area contributed by atoms with Crippen LogP contribution in [0.2, 0.25) is 0 Å². The summed E-state index contributed by atoms with van der Waals surface area (Å²) in [5.41, 5.74) is 4.53. The molecule has 1 aromatic carbocycles. The van der Waals surface area contributed by atoms with E-state index in [0.717, 1.165) is 49.8 Å². The topological polar surface area (TPSA) is 57.0 Å². The molecular weight excluding hydrogens is 511 g/mol. The summed E-state index contributed by atoms with van der Waals surface area (Å²) < 4.78 is 2.12. The number of hydrogen-bond acceptors (Lipinski definition) is 3. The maximum atomic E-state index is 4.82. The molecule has 1 fully saturated rings. The Morgan fingerprint density at radius 2 is 1.97 bits per heavy atom. The minimum atomic E-state index is 0. The fourth-order valence-corrected chi connectivity index (χ4v) is 4.35. The van der Waals surface area contributed by atoms with Crippen molar-refractivity contribution in [3.05, 3.63) is 71.7 Å². The molecule has 2 unspecified atom stereocenters. The molecule has 0 bridgehead atoms. The van der Waals surface area contributed by atoms with Crippen molar-refractivity contribution in [1.82, 2.24) is 24.9 Å². The first kappa shape index (κ1) is 24.5. The van der Waals surface area contributed by atoms with Crippen molar-refractivity contribution in [2.75, 3.05) is 13.1 Å². The van der Waals surface area contributed by atoms with E-state index in [1.165, 1.54) is 11.3 Å². The zero-order valence-corrected chi connectivity index (χ0v) is 21.6. The zero-order valence-electron chi connectivity index (χ0n) is 19.3. The van der Waals surface area contributed by atoms with Gasteiger partial charge in [0.25, 0.3) is 0 Å². The fraction of sp³-hybridized carbons (Fsp3) is 0.440. The quantitative estimate of drug-likeness (QED) is 0.274. The van der Waals surface area contributed by atoms with Crippen molar-refractivity contribution in [3.63, 3.8) is 0 Å². The number of imidazole rings is 1. The summed E-state index contributed by atoms with van der Waals surface area (Å²) in [5.74, 6) is 0.880. The van der Waals surface area contributed by atoms with Crippen molar-refractivity contribution in [1.29, 1.82) is 0 Å². The van der Waals surface area contributed by atoms with Gasteiger partial charge in [-0.1, -0.05) is 36.4 Å². The van der Waals surface area contributed by atoms with Crippen LogP contribution in [0.3, 0.4) is 0 Å². The monoisotopic (exact) mass is 546 g/mol. The van der Waals surface area contributed by atoms with Crippen molar-refractivity contribution in [3.8, 4) is 0 Å². The molecule has 0 spiro atoms. The van der Waals surface area contributed by atoms with E-state index < -0.39 is 0 Å². The van der Waals surface area contributed by atoms with Crippen molar-refractivity contribution in [2.24, 2.45) is 4.99 Å². The van der Waals surface area contributed by atoms with Gasteiger partial charge in [-0.05, 0) is 51.3 Å². The van der Waals surface area contributed by atoms with E-state index in [9.17, 15) is 0 Å². The van der Waals surface area contributed by atoms with Gasteiger partial charge in [0.1, 0.15) is 5.65 Å². The first-order valence-electron chi connectivity index (χ1n) is 11.4. The second-order valence-corrected chi connectivity index (χ2v) is 8.49. The molecule has 172 valence electrons. The van der Waals surface area contributed by atoms with Gasteiger partial charge in [-0.3, -0.25) is 4.90 Å². The lowest BCUT2D eigenvalue weighted by Crippen LogP contribution is -2.51. The number of piperidine rings is 1. The van der Waals surface area contributed by atoms with E-state index in [0.29, 0.717) is 18.6 Å². The lowest BCUT2D eigenvalue weighted by atomic mass is 9.97. The normalized spacial score (nSPS) is 19.5. The first-order chi connectivity index (χ1) is 15.1. The van der Waals surface area contributed by atoms with Gasteiger partial charge < -0.3 is 15.0 Å². The molecule has 7 heteroatoms. The van der Waals surface area contributed by atoms with Crippen molar-refractivity contribution in [2.45, 2.75) is 58.8 Å². The number of aromatic nitrogens is 2. The number of halogens is 1. The van der Waals surface area contributed by atoms with Crippen LogP contribution < -0.4 is 10.6 Å². The standard InChI is InChI=1S/C25H34N6.HI/c1-4-26-25(27-16-23-18-31-19(2)9-8-12-24(31)28-23)29-22-13-14-30(20(3)15-22)17-21-10-6-5-7-11-21;/h5-12,18,20,22H,4,13-17H2,1-3H3,(H2,26,27,29);1H. The van der Waals surface area contributed by atoms with E-state index in [1.54, 1.807) is 0 Å². The lowest BCUT2D eigenvalue weighted by Gasteiger charge is -2.38. The summed E-state index contributed by atoms with van der Waals surface area (Å²) in [5, 5.41) is 7.07. The Morgan fingerprint density at radius 1 is 1.16 bits per heavy atom. The van der Waals surface area contributed by atoms with E-state index in [4.69, 9.17) is 9.98 Å². The molecule has 3 aromatic rings. The number of pyridine rings is 1. The van der Waals surface area contributed by atoms with E-state index >= 15 is 0 Å². The second-order valence-electron chi connectivity index (χ2n) is 8.49. The number of aryl methyl sites for hydroxylation is 1. The van der Waals surface area contributed by atoms with E-state index in [-0.39, 0.29) is 24.0 Å². The number of fused-ring (bicyclic) bond motifs is 1. The molecule has 1 aliphatic heterocycles. The molecule has 0 amide bonds. The van der Waals surface area contributed by atoms with Gasteiger partial charge in [0.05, 0.1) is 12.2 Å². The summed E-state index contributed by atoms with van der Waals surface area (Å²) in [6, 6.07) is 17.9. The SMILES string of the molecule is CCNC(=NCc1cn2c(C)cccc2n1)NC1CCN(Cc2ccccc2)C(C)C1.I. The third-order valence-electron chi connectivity index (χ3n) is 6.07. The Kier molecular flexibility index (Phi) is 8.92. The average molecular weight is 547 g/mol. The fourth-order valence-electron chi connectivity index (χ4n) is 4.35. The highest BCUT2D eigenvalue weighted by Crippen LogP contribution is 2.20. The van der Waals surface area contributed by atoms with Crippen LogP contribution in [0, 0.1) is 6.92 Å². The van der Waals surface area contributed by atoms with Gasteiger partial charge in [0, 0.05) is 43.6 Å². The molecule has 0 aliphatic carbocycles. The van der Waals surface area contributed by atoms with Gasteiger partial charge in [0.2, 0.25) is 0 Å². The van der Waals surface area contributed by atoms with Crippen LogP contribution in [-0.4, -0.2) is 45.4 Å². The van der Waals surface area contributed by atoms with Gasteiger partial charge in [-0.25, -0.2) is 9.98 Å². The largest absolute Gasteiger partial charge is 0.357 e. The van der Waals surface area contributed by atoms with Crippen LogP contribution in [0.15, 0.2) is 59.7 Å².